The average Bonchev–Trinajstić information content (AvgIpc) is 2.46. The van der Waals surface area contributed by atoms with E-state index in [9.17, 15) is 9.59 Å². The minimum Gasteiger partial charge on any atom is -0.481 e. The average molecular weight is 198 g/mol. The lowest BCUT2D eigenvalue weighted by Crippen LogP contribution is -2.25. The van der Waals surface area contributed by atoms with Gasteiger partial charge in [0.1, 0.15) is 0 Å². The summed E-state index contributed by atoms with van der Waals surface area (Å²) < 4.78 is 1.50. The van der Waals surface area contributed by atoms with Crippen molar-refractivity contribution in [3.63, 3.8) is 0 Å². The summed E-state index contributed by atoms with van der Waals surface area (Å²) in [4.78, 5) is 21.1. The van der Waals surface area contributed by atoms with Crippen molar-refractivity contribution in [2.75, 3.05) is 0 Å². The van der Waals surface area contributed by atoms with E-state index in [1.807, 2.05) is 0 Å². The van der Waals surface area contributed by atoms with Gasteiger partial charge in [-0.2, -0.15) is 5.10 Å². The van der Waals surface area contributed by atoms with Gasteiger partial charge in [-0.15, -0.1) is 0 Å². The maximum atomic E-state index is 10.5. The van der Waals surface area contributed by atoms with Crippen LogP contribution < -0.4 is 0 Å². The Hall–Kier alpha value is -1.85. The van der Waals surface area contributed by atoms with E-state index in [-0.39, 0.29) is 6.42 Å². The van der Waals surface area contributed by atoms with Gasteiger partial charge in [-0.1, -0.05) is 0 Å². The van der Waals surface area contributed by atoms with Crippen LogP contribution in [0, 0.1) is 5.92 Å². The lowest BCUT2D eigenvalue weighted by molar-refractivity contribution is -0.154. The van der Waals surface area contributed by atoms with Crippen molar-refractivity contribution in [3.8, 4) is 0 Å². The van der Waals surface area contributed by atoms with E-state index in [1.54, 1.807) is 19.3 Å². The van der Waals surface area contributed by atoms with Gasteiger partial charge in [0, 0.05) is 19.7 Å². The molecule has 0 aliphatic rings. The maximum absolute atomic E-state index is 10.5. The van der Waals surface area contributed by atoms with Crippen molar-refractivity contribution in [3.05, 3.63) is 18.0 Å². The number of aryl methyl sites for hydroxylation is 1. The molecule has 1 heterocycles. The van der Waals surface area contributed by atoms with Crippen molar-refractivity contribution < 1.29 is 19.8 Å². The Morgan fingerprint density at radius 2 is 2.07 bits per heavy atom. The molecule has 0 aliphatic carbocycles. The molecule has 6 heteroatoms. The summed E-state index contributed by atoms with van der Waals surface area (Å²) in [7, 11) is 1.68. The van der Waals surface area contributed by atoms with E-state index >= 15 is 0 Å². The molecule has 0 saturated heterocycles. The third-order valence-electron chi connectivity index (χ3n) is 1.78. The molecule has 6 nitrogen and oxygen atoms in total. The lowest BCUT2D eigenvalue weighted by atomic mass is 10.0. The zero-order valence-electron chi connectivity index (χ0n) is 7.54. The van der Waals surface area contributed by atoms with E-state index in [0.717, 1.165) is 0 Å². The van der Waals surface area contributed by atoms with Gasteiger partial charge in [-0.3, -0.25) is 14.3 Å². The minimum absolute atomic E-state index is 0.0918. The summed E-state index contributed by atoms with van der Waals surface area (Å²) in [6, 6.07) is 1.60. The van der Waals surface area contributed by atoms with Crippen LogP contribution in [-0.4, -0.2) is 31.9 Å². The van der Waals surface area contributed by atoms with Crippen molar-refractivity contribution in [1.82, 2.24) is 9.78 Å². The van der Waals surface area contributed by atoms with Crippen molar-refractivity contribution >= 4 is 11.9 Å². The third-order valence-corrected chi connectivity index (χ3v) is 1.78. The summed E-state index contributed by atoms with van der Waals surface area (Å²) >= 11 is 0. The van der Waals surface area contributed by atoms with E-state index in [4.69, 9.17) is 10.2 Å². The quantitative estimate of drug-likeness (QED) is 0.650. The Labute approximate surface area is 79.8 Å². The number of aromatic nitrogens is 2. The molecule has 0 spiro atoms. The first kappa shape index (κ1) is 10.2. The molecule has 0 fully saturated rings. The minimum atomic E-state index is -1.43. The van der Waals surface area contributed by atoms with Gasteiger partial charge in [-0.25, -0.2) is 0 Å². The first-order chi connectivity index (χ1) is 6.50. The first-order valence-electron chi connectivity index (χ1n) is 3.95. The molecule has 0 unspecified atom stereocenters. The molecule has 76 valence electrons. The molecule has 2 N–H and O–H groups in total. The number of nitrogens with zero attached hydrogens (tertiary/aromatic N) is 2. The summed E-state index contributed by atoms with van der Waals surface area (Å²) in [6.07, 6.45) is 1.54. The van der Waals surface area contributed by atoms with Crippen LogP contribution in [0.25, 0.3) is 0 Å². The fraction of sp³-hybridized carbons (Fsp3) is 0.375. The number of carboxylic acid groups (broad SMARTS) is 2. The van der Waals surface area contributed by atoms with E-state index < -0.39 is 17.9 Å². The van der Waals surface area contributed by atoms with Gasteiger partial charge < -0.3 is 10.2 Å². The monoisotopic (exact) mass is 198 g/mol. The smallest absolute Gasteiger partial charge is 0.318 e. The fourth-order valence-corrected chi connectivity index (χ4v) is 1.06. The number of aliphatic carboxylic acids is 2. The van der Waals surface area contributed by atoms with Gasteiger partial charge in [0.2, 0.25) is 0 Å². The summed E-state index contributed by atoms with van der Waals surface area (Å²) in [5.41, 5.74) is 0.460. The molecule has 0 saturated carbocycles. The molecule has 0 bridgehead atoms. The normalized spacial score (nSPS) is 10.4. The standard InChI is InChI=1S/C8H10N2O4/c1-10-3-2-5(9-10)4-6(7(11)12)8(13)14/h2-3,6H,4H2,1H3,(H,11,12)(H,13,14). The zero-order chi connectivity index (χ0) is 10.7. The van der Waals surface area contributed by atoms with Gasteiger partial charge in [0.15, 0.2) is 5.92 Å². The molecule has 1 rings (SSSR count). The van der Waals surface area contributed by atoms with Crippen molar-refractivity contribution in [2.24, 2.45) is 13.0 Å². The third kappa shape index (κ3) is 2.32. The molecule has 1 aromatic heterocycles. The second kappa shape index (κ2) is 3.91. The van der Waals surface area contributed by atoms with Crippen LogP contribution in [0.3, 0.4) is 0 Å². The van der Waals surface area contributed by atoms with E-state index in [2.05, 4.69) is 5.10 Å². The summed E-state index contributed by atoms with van der Waals surface area (Å²) in [6.45, 7) is 0. The fourth-order valence-electron chi connectivity index (χ4n) is 1.06. The van der Waals surface area contributed by atoms with Crippen LogP contribution in [0.5, 0.6) is 0 Å². The summed E-state index contributed by atoms with van der Waals surface area (Å²) in [5, 5.41) is 21.1. The molecular formula is C8H10N2O4. The Morgan fingerprint density at radius 3 is 2.43 bits per heavy atom. The van der Waals surface area contributed by atoms with Crippen molar-refractivity contribution in [2.45, 2.75) is 6.42 Å². The van der Waals surface area contributed by atoms with Crippen LogP contribution >= 0.6 is 0 Å². The number of hydrogen-bond acceptors (Lipinski definition) is 3. The molecule has 0 aliphatic heterocycles. The maximum Gasteiger partial charge on any atom is 0.318 e. The Morgan fingerprint density at radius 1 is 1.50 bits per heavy atom. The van der Waals surface area contributed by atoms with Gasteiger partial charge in [-0.05, 0) is 6.07 Å². The highest BCUT2D eigenvalue weighted by Gasteiger charge is 2.26. The number of carbonyl (C=O) groups is 2. The predicted octanol–water partition coefficient (Wildman–Crippen LogP) is -0.252. The summed E-state index contributed by atoms with van der Waals surface area (Å²) in [5.74, 6) is -4.11. The number of carboxylic acids is 2. The molecular weight excluding hydrogens is 188 g/mol. The number of rotatable bonds is 4. The van der Waals surface area contributed by atoms with Crippen LogP contribution in [0.4, 0.5) is 0 Å². The Balaban J connectivity index is 2.74. The van der Waals surface area contributed by atoms with E-state index in [1.165, 1.54) is 4.68 Å². The molecule has 1 aromatic rings. The largest absolute Gasteiger partial charge is 0.481 e. The SMILES string of the molecule is Cn1ccc(CC(C(=O)O)C(=O)O)n1. The van der Waals surface area contributed by atoms with Gasteiger partial charge in [0.05, 0.1) is 5.69 Å². The van der Waals surface area contributed by atoms with E-state index in [0.29, 0.717) is 5.69 Å². The van der Waals surface area contributed by atoms with Gasteiger partial charge in [0.25, 0.3) is 0 Å². The molecule has 0 atom stereocenters. The highest BCUT2D eigenvalue weighted by molar-refractivity contribution is 5.93. The molecule has 0 amide bonds. The van der Waals surface area contributed by atoms with Crippen LogP contribution in [0.2, 0.25) is 0 Å². The zero-order valence-corrected chi connectivity index (χ0v) is 7.54. The van der Waals surface area contributed by atoms with Crippen LogP contribution in [-0.2, 0) is 23.1 Å². The highest BCUT2D eigenvalue weighted by Crippen LogP contribution is 2.07. The topological polar surface area (TPSA) is 92.4 Å². The lowest BCUT2D eigenvalue weighted by Gasteiger charge is -2.03. The Kier molecular flexibility index (Phi) is 2.85. The van der Waals surface area contributed by atoms with Crippen LogP contribution in [0.1, 0.15) is 5.69 Å². The van der Waals surface area contributed by atoms with Gasteiger partial charge >= 0.3 is 11.9 Å². The van der Waals surface area contributed by atoms with Crippen LogP contribution in [0.15, 0.2) is 12.3 Å². The Bertz CT molecular complexity index is 344. The number of hydrogen-bond donors (Lipinski definition) is 2. The first-order valence-corrected chi connectivity index (χ1v) is 3.95. The molecule has 0 aromatic carbocycles. The highest BCUT2D eigenvalue weighted by atomic mass is 16.4. The predicted molar refractivity (Wildman–Crippen MR) is 45.7 cm³/mol. The molecule has 0 radical (unpaired) electrons. The second-order valence-corrected chi connectivity index (χ2v) is 2.91. The second-order valence-electron chi connectivity index (χ2n) is 2.91. The molecule has 14 heavy (non-hydrogen) atoms. The van der Waals surface area contributed by atoms with Crippen molar-refractivity contribution in [1.29, 1.82) is 0 Å².